The van der Waals surface area contributed by atoms with E-state index in [4.69, 9.17) is 4.42 Å². The smallest absolute Gasteiger partial charge is 0.417 e. The fraction of sp³-hybridized carbons (Fsp3) is 0.346. The molecule has 4 nitrogen and oxygen atoms in total. The van der Waals surface area contributed by atoms with Crippen molar-refractivity contribution in [2.75, 3.05) is 0 Å². The van der Waals surface area contributed by atoms with Crippen molar-refractivity contribution >= 4 is 21.9 Å². The molecule has 0 atom stereocenters. The van der Waals surface area contributed by atoms with Crippen molar-refractivity contribution in [3.8, 4) is 16.9 Å². The third-order valence-electron chi connectivity index (χ3n) is 7.51. The van der Waals surface area contributed by atoms with Crippen LogP contribution in [-0.2, 0) is 11.6 Å². The Morgan fingerprint density at radius 1 is 0.909 bits per heavy atom. The van der Waals surface area contributed by atoms with E-state index in [1.165, 1.54) is 6.07 Å². The molecule has 7 heteroatoms. The van der Waals surface area contributed by atoms with Crippen LogP contribution in [0.3, 0.4) is 0 Å². The molecule has 170 valence electrons. The molecule has 1 heterocycles. The van der Waals surface area contributed by atoms with Crippen LogP contribution >= 0.6 is 0 Å². The number of hydrogen-bond donors (Lipinski definition) is 2. The molecule has 1 spiro atoms. The SMILES string of the molecule is O=c1[nH]c2cc3c(O)cc4c(c3cc2o1)-c1ccc(C(F)(F)F)cc1C41CCCCCCC1. The number of aromatic hydroxyl groups is 1. The minimum atomic E-state index is -4.43. The summed E-state index contributed by atoms with van der Waals surface area (Å²) in [4.78, 5) is 14.3. The number of phenols is 1. The number of halogens is 3. The molecule has 3 aromatic carbocycles. The number of benzene rings is 3. The lowest BCUT2D eigenvalue weighted by molar-refractivity contribution is -0.137. The highest BCUT2D eigenvalue weighted by Crippen LogP contribution is 2.58. The highest BCUT2D eigenvalue weighted by atomic mass is 19.4. The highest BCUT2D eigenvalue weighted by Gasteiger charge is 2.45. The van der Waals surface area contributed by atoms with Crippen LogP contribution in [0.2, 0.25) is 0 Å². The lowest BCUT2D eigenvalue weighted by Gasteiger charge is -2.34. The summed E-state index contributed by atoms with van der Waals surface area (Å²) < 4.78 is 46.3. The van der Waals surface area contributed by atoms with Crippen LogP contribution in [0.4, 0.5) is 13.2 Å². The van der Waals surface area contributed by atoms with Crippen LogP contribution in [0.5, 0.6) is 5.75 Å². The van der Waals surface area contributed by atoms with E-state index >= 15 is 0 Å². The predicted molar refractivity (Wildman–Crippen MR) is 120 cm³/mol. The van der Waals surface area contributed by atoms with Crippen LogP contribution in [0, 0.1) is 0 Å². The Morgan fingerprint density at radius 2 is 1.64 bits per heavy atom. The molecule has 33 heavy (non-hydrogen) atoms. The second kappa shape index (κ2) is 6.89. The van der Waals surface area contributed by atoms with Gasteiger partial charge in [0.1, 0.15) is 5.75 Å². The summed E-state index contributed by atoms with van der Waals surface area (Å²) in [6.45, 7) is 0. The van der Waals surface area contributed by atoms with Gasteiger partial charge < -0.3 is 9.52 Å². The monoisotopic (exact) mass is 453 g/mol. The maximum Gasteiger partial charge on any atom is 0.417 e. The third kappa shape index (κ3) is 2.94. The quantitative estimate of drug-likeness (QED) is 0.301. The van der Waals surface area contributed by atoms with Crippen LogP contribution in [-0.4, -0.2) is 10.1 Å². The highest BCUT2D eigenvalue weighted by molar-refractivity contribution is 6.09. The van der Waals surface area contributed by atoms with E-state index in [0.717, 1.165) is 67.7 Å². The number of alkyl halides is 3. The molecule has 0 amide bonds. The summed E-state index contributed by atoms with van der Waals surface area (Å²) in [6.07, 6.45) is 2.09. The Hall–Kier alpha value is -3.22. The molecule has 0 radical (unpaired) electrons. The van der Waals surface area contributed by atoms with Gasteiger partial charge in [-0.3, -0.25) is 4.98 Å². The van der Waals surface area contributed by atoms with Crippen molar-refractivity contribution in [3.05, 3.63) is 63.6 Å². The van der Waals surface area contributed by atoms with Crippen molar-refractivity contribution in [1.82, 2.24) is 4.98 Å². The fourth-order valence-corrected chi connectivity index (χ4v) is 6.04. The van der Waals surface area contributed by atoms with Crippen LogP contribution in [0.15, 0.2) is 45.6 Å². The minimum absolute atomic E-state index is 0.0537. The lowest BCUT2D eigenvalue weighted by Crippen LogP contribution is -2.27. The number of oxazole rings is 1. The number of phenolic OH excluding ortho intramolecular Hbond substituents is 1. The first-order valence-corrected chi connectivity index (χ1v) is 11.3. The van der Waals surface area contributed by atoms with E-state index in [1.54, 1.807) is 24.3 Å². The molecule has 0 bridgehead atoms. The van der Waals surface area contributed by atoms with Crippen molar-refractivity contribution in [2.24, 2.45) is 0 Å². The number of rotatable bonds is 0. The first kappa shape index (κ1) is 20.4. The summed E-state index contributed by atoms with van der Waals surface area (Å²) in [5, 5.41) is 12.2. The van der Waals surface area contributed by atoms with Crippen LogP contribution < -0.4 is 5.76 Å². The Kier molecular flexibility index (Phi) is 4.26. The van der Waals surface area contributed by atoms with Crippen molar-refractivity contribution in [3.63, 3.8) is 0 Å². The topological polar surface area (TPSA) is 66.2 Å². The molecule has 2 aliphatic carbocycles. The predicted octanol–water partition coefficient (Wildman–Crippen LogP) is 7.01. The molecule has 2 N–H and O–H groups in total. The van der Waals surface area contributed by atoms with Gasteiger partial charge in [-0.1, -0.05) is 38.2 Å². The van der Waals surface area contributed by atoms with Gasteiger partial charge in [0.05, 0.1) is 11.1 Å². The number of H-pyrrole nitrogens is 1. The summed E-state index contributed by atoms with van der Waals surface area (Å²) >= 11 is 0. The average Bonchev–Trinajstić information content (AvgIpc) is 3.23. The van der Waals surface area contributed by atoms with Crippen molar-refractivity contribution < 1.29 is 22.7 Å². The number of aromatic nitrogens is 1. The summed E-state index contributed by atoms with van der Waals surface area (Å²) in [5.74, 6) is -0.541. The van der Waals surface area contributed by atoms with Gasteiger partial charge >= 0.3 is 11.9 Å². The van der Waals surface area contributed by atoms with Gasteiger partial charge in [0, 0.05) is 10.8 Å². The Balaban J connectivity index is 1.72. The van der Waals surface area contributed by atoms with Crippen LogP contribution in [0.25, 0.3) is 33.0 Å². The normalized spacial score (nSPS) is 17.8. The van der Waals surface area contributed by atoms with Gasteiger partial charge in [-0.15, -0.1) is 0 Å². The summed E-state index contributed by atoms with van der Waals surface area (Å²) in [5.41, 5.74) is 2.76. The molecule has 1 fully saturated rings. The molecular weight excluding hydrogens is 431 g/mol. The second-order valence-corrected chi connectivity index (χ2v) is 9.33. The summed E-state index contributed by atoms with van der Waals surface area (Å²) in [6, 6.07) is 9.13. The lowest BCUT2D eigenvalue weighted by atomic mass is 9.69. The van der Waals surface area contributed by atoms with E-state index < -0.39 is 22.9 Å². The zero-order chi connectivity index (χ0) is 23.0. The molecule has 1 saturated carbocycles. The molecule has 1 aromatic heterocycles. The molecule has 0 saturated heterocycles. The largest absolute Gasteiger partial charge is 0.507 e. The number of fused-ring (bicyclic) bond motifs is 8. The van der Waals surface area contributed by atoms with Gasteiger partial charge in [-0.25, -0.2) is 4.79 Å². The number of nitrogens with one attached hydrogen (secondary N) is 1. The molecule has 4 aromatic rings. The maximum atomic E-state index is 13.7. The van der Waals surface area contributed by atoms with Gasteiger partial charge in [0.25, 0.3) is 0 Å². The zero-order valence-corrected chi connectivity index (χ0v) is 17.8. The maximum absolute atomic E-state index is 13.7. The van der Waals surface area contributed by atoms with Crippen LogP contribution in [0.1, 0.15) is 61.6 Å². The van der Waals surface area contributed by atoms with E-state index in [2.05, 4.69) is 4.98 Å². The number of hydrogen-bond acceptors (Lipinski definition) is 3. The van der Waals surface area contributed by atoms with Crippen molar-refractivity contribution in [2.45, 2.75) is 56.5 Å². The molecule has 0 unspecified atom stereocenters. The average molecular weight is 453 g/mol. The third-order valence-corrected chi connectivity index (χ3v) is 7.51. The minimum Gasteiger partial charge on any atom is -0.507 e. The van der Waals surface area contributed by atoms with Gasteiger partial charge in [-0.2, -0.15) is 13.2 Å². The van der Waals surface area contributed by atoms with Gasteiger partial charge in [0.2, 0.25) is 0 Å². The van der Waals surface area contributed by atoms with E-state index in [9.17, 15) is 23.1 Å². The first-order valence-electron chi connectivity index (χ1n) is 11.3. The molecule has 2 aliphatic rings. The van der Waals surface area contributed by atoms with E-state index in [0.29, 0.717) is 27.4 Å². The van der Waals surface area contributed by atoms with Crippen molar-refractivity contribution in [1.29, 1.82) is 0 Å². The van der Waals surface area contributed by atoms with E-state index in [1.807, 2.05) is 0 Å². The van der Waals surface area contributed by atoms with Gasteiger partial charge in [-0.05, 0) is 70.8 Å². The molecule has 0 aliphatic heterocycles. The summed E-state index contributed by atoms with van der Waals surface area (Å²) in [7, 11) is 0. The fourth-order valence-electron chi connectivity index (χ4n) is 6.04. The van der Waals surface area contributed by atoms with E-state index in [-0.39, 0.29) is 5.75 Å². The Bertz CT molecular complexity index is 1470. The molecule has 6 rings (SSSR count). The zero-order valence-electron chi connectivity index (χ0n) is 17.8. The number of aromatic amines is 1. The second-order valence-electron chi connectivity index (χ2n) is 9.33. The van der Waals surface area contributed by atoms with Gasteiger partial charge in [0.15, 0.2) is 5.58 Å². The Morgan fingerprint density at radius 3 is 2.36 bits per heavy atom. The first-order chi connectivity index (χ1) is 15.8. The standard InChI is InChI=1S/C26H22F3NO3/c27-26(28,29)14-6-7-15-18(10-14)25(8-4-2-1-3-5-9-25)19-13-21(31)16-11-20-22(33-24(32)30-20)12-17(16)23(15)19/h6-7,10-13,31H,1-5,8-9H2,(H,30,32). The Labute approximate surface area is 187 Å². The molecular formula is C26H22F3NO3.